The van der Waals surface area contributed by atoms with Gasteiger partial charge < -0.3 is 20.5 Å². The highest BCUT2D eigenvalue weighted by Crippen LogP contribution is 2.29. The third-order valence-electron chi connectivity index (χ3n) is 2.94. The van der Waals surface area contributed by atoms with Crippen LogP contribution in [0, 0.1) is 0 Å². The summed E-state index contributed by atoms with van der Waals surface area (Å²) in [4.78, 5) is 11.3. The lowest BCUT2D eigenvalue weighted by Crippen LogP contribution is -2.33. The lowest BCUT2D eigenvalue weighted by molar-refractivity contribution is -0.124. The SMILES string of the molecule is CCCNCc1ccc(OC)c(OC(CC)C(N)=O)c1. The zero-order chi connectivity index (χ0) is 15.0. The number of carbonyl (C=O) groups is 1. The Bertz CT molecular complexity index is 435. The summed E-state index contributed by atoms with van der Waals surface area (Å²) in [6.45, 7) is 5.69. The van der Waals surface area contributed by atoms with Crippen LogP contribution >= 0.6 is 0 Å². The first kappa shape index (κ1) is 16.3. The maximum absolute atomic E-state index is 11.3. The van der Waals surface area contributed by atoms with Crippen LogP contribution in [0.25, 0.3) is 0 Å². The summed E-state index contributed by atoms with van der Waals surface area (Å²) >= 11 is 0. The Kier molecular flexibility index (Phi) is 6.87. The molecule has 0 aliphatic rings. The normalized spacial score (nSPS) is 11.9. The Labute approximate surface area is 120 Å². The largest absolute Gasteiger partial charge is 0.493 e. The molecule has 1 aromatic rings. The molecule has 1 aromatic carbocycles. The molecule has 1 unspecified atom stereocenters. The molecule has 5 nitrogen and oxygen atoms in total. The number of benzene rings is 1. The highest BCUT2D eigenvalue weighted by molar-refractivity contribution is 5.79. The van der Waals surface area contributed by atoms with Crippen molar-refractivity contribution in [2.75, 3.05) is 13.7 Å². The molecule has 0 aliphatic heterocycles. The number of rotatable bonds is 9. The van der Waals surface area contributed by atoms with Gasteiger partial charge in [-0.15, -0.1) is 0 Å². The van der Waals surface area contributed by atoms with E-state index in [4.69, 9.17) is 15.2 Å². The van der Waals surface area contributed by atoms with E-state index in [-0.39, 0.29) is 0 Å². The van der Waals surface area contributed by atoms with Gasteiger partial charge >= 0.3 is 0 Å². The first-order valence-corrected chi connectivity index (χ1v) is 6.95. The monoisotopic (exact) mass is 280 g/mol. The maximum atomic E-state index is 11.3. The Hall–Kier alpha value is -1.75. The van der Waals surface area contributed by atoms with Crippen molar-refractivity contribution < 1.29 is 14.3 Å². The van der Waals surface area contributed by atoms with Crippen LogP contribution < -0.4 is 20.5 Å². The smallest absolute Gasteiger partial charge is 0.258 e. The Morgan fingerprint density at radius 3 is 2.65 bits per heavy atom. The summed E-state index contributed by atoms with van der Waals surface area (Å²) in [7, 11) is 1.57. The van der Waals surface area contributed by atoms with Crippen molar-refractivity contribution in [3.05, 3.63) is 23.8 Å². The molecule has 1 rings (SSSR count). The van der Waals surface area contributed by atoms with Gasteiger partial charge in [-0.25, -0.2) is 0 Å². The van der Waals surface area contributed by atoms with Crippen LogP contribution in [0.4, 0.5) is 0 Å². The molecule has 5 heteroatoms. The number of ether oxygens (including phenoxy) is 2. The third kappa shape index (κ3) is 4.74. The molecule has 112 valence electrons. The minimum atomic E-state index is -0.636. The van der Waals surface area contributed by atoms with Crippen molar-refractivity contribution in [3.8, 4) is 11.5 Å². The molecule has 20 heavy (non-hydrogen) atoms. The molecule has 0 saturated carbocycles. The number of primary amides is 1. The average molecular weight is 280 g/mol. The number of nitrogens with two attached hydrogens (primary N) is 1. The zero-order valence-electron chi connectivity index (χ0n) is 12.4. The fourth-order valence-electron chi connectivity index (χ4n) is 1.83. The summed E-state index contributed by atoms with van der Waals surface area (Å²) < 4.78 is 10.9. The van der Waals surface area contributed by atoms with Crippen molar-refractivity contribution in [2.24, 2.45) is 5.73 Å². The van der Waals surface area contributed by atoms with Gasteiger partial charge in [-0.1, -0.05) is 19.9 Å². The highest BCUT2D eigenvalue weighted by atomic mass is 16.5. The molecule has 0 bridgehead atoms. The summed E-state index contributed by atoms with van der Waals surface area (Å²) in [5.41, 5.74) is 6.38. The fourth-order valence-corrected chi connectivity index (χ4v) is 1.83. The summed E-state index contributed by atoms with van der Waals surface area (Å²) in [5.74, 6) is 0.682. The van der Waals surface area contributed by atoms with E-state index < -0.39 is 12.0 Å². The number of carbonyl (C=O) groups excluding carboxylic acids is 1. The van der Waals surface area contributed by atoms with Crippen molar-refractivity contribution in [2.45, 2.75) is 39.3 Å². The Balaban J connectivity index is 2.85. The zero-order valence-corrected chi connectivity index (χ0v) is 12.4. The topological polar surface area (TPSA) is 73.6 Å². The predicted molar refractivity (Wildman–Crippen MR) is 78.9 cm³/mol. The van der Waals surface area contributed by atoms with Gasteiger partial charge in [-0.2, -0.15) is 0 Å². The molecule has 0 spiro atoms. The van der Waals surface area contributed by atoms with Gasteiger partial charge in [0.1, 0.15) is 0 Å². The lowest BCUT2D eigenvalue weighted by Gasteiger charge is -2.17. The molecule has 0 heterocycles. The van der Waals surface area contributed by atoms with Gasteiger partial charge in [0.2, 0.25) is 0 Å². The van der Waals surface area contributed by atoms with E-state index in [1.54, 1.807) is 7.11 Å². The first-order chi connectivity index (χ1) is 9.62. The second-order valence-electron chi connectivity index (χ2n) is 4.58. The number of nitrogens with one attached hydrogen (secondary N) is 1. The summed E-state index contributed by atoms with van der Waals surface area (Å²) in [5, 5.41) is 3.32. The van der Waals surface area contributed by atoms with Crippen LogP contribution in [-0.2, 0) is 11.3 Å². The van der Waals surface area contributed by atoms with Crippen LogP contribution in [0.5, 0.6) is 11.5 Å². The quantitative estimate of drug-likeness (QED) is 0.677. The molecule has 1 atom stereocenters. The first-order valence-electron chi connectivity index (χ1n) is 6.95. The van der Waals surface area contributed by atoms with Gasteiger partial charge in [0.15, 0.2) is 17.6 Å². The molecule has 3 N–H and O–H groups in total. The molecule has 0 radical (unpaired) electrons. The van der Waals surface area contributed by atoms with E-state index in [0.717, 1.165) is 25.1 Å². The molecule has 1 amide bonds. The van der Waals surface area contributed by atoms with E-state index in [0.29, 0.717) is 17.9 Å². The molecule has 0 saturated heterocycles. The van der Waals surface area contributed by atoms with Crippen molar-refractivity contribution >= 4 is 5.91 Å². The van der Waals surface area contributed by atoms with Crippen molar-refractivity contribution in [1.82, 2.24) is 5.32 Å². The lowest BCUT2D eigenvalue weighted by atomic mass is 10.2. The minimum absolute atomic E-state index is 0.468. The molecular formula is C15H24N2O3. The molecule has 0 aliphatic carbocycles. The highest BCUT2D eigenvalue weighted by Gasteiger charge is 2.17. The van der Waals surface area contributed by atoms with E-state index in [9.17, 15) is 4.79 Å². The molecule has 0 fully saturated rings. The van der Waals surface area contributed by atoms with Gasteiger partial charge in [0.25, 0.3) is 5.91 Å². The van der Waals surface area contributed by atoms with Crippen LogP contribution in [0.15, 0.2) is 18.2 Å². The van der Waals surface area contributed by atoms with Gasteiger partial charge in [0.05, 0.1) is 7.11 Å². The van der Waals surface area contributed by atoms with Crippen molar-refractivity contribution in [3.63, 3.8) is 0 Å². The number of amides is 1. The van der Waals surface area contributed by atoms with E-state index in [1.165, 1.54) is 0 Å². The van der Waals surface area contributed by atoms with Crippen LogP contribution in [-0.4, -0.2) is 25.7 Å². The van der Waals surface area contributed by atoms with Crippen LogP contribution in [0.3, 0.4) is 0 Å². The van der Waals surface area contributed by atoms with Crippen molar-refractivity contribution in [1.29, 1.82) is 0 Å². The number of methoxy groups -OCH3 is 1. The predicted octanol–water partition coefficient (Wildman–Crippen LogP) is 1.84. The van der Waals surface area contributed by atoms with E-state index in [1.807, 2.05) is 25.1 Å². The van der Waals surface area contributed by atoms with Crippen LogP contribution in [0.1, 0.15) is 32.3 Å². The number of hydrogen-bond acceptors (Lipinski definition) is 4. The third-order valence-corrected chi connectivity index (χ3v) is 2.94. The molecular weight excluding hydrogens is 256 g/mol. The van der Waals surface area contributed by atoms with Crippen LogP contribution in [0.2, 0.25) is 0 Å². The van der Waals surface area contributed by atoms with E-state index in [2.05, 4.69) is 12.2 Å². The van der Waals surface area contributed by atoms with Gasteiger partial charge in [-0.05, 0) is 37.1 Å². The maximum Gasteiger partial charge on any atom is 0.258 e. The minimum Gasteiger partial charge on any atom is -0.493 e. The Morgan fingerprint density at radius 2 is 2.10 bits per heavy atom. The second kappa shape index (κ2) is 8.43. The molecule has 0 aromatic heterocycles. The summed E-state index contributed by atoms with van der Waals surface area (Å²) in [6.07, 6.45) is 0.971. The van der Waals surface area contributed by atoms with Gasteiger partial charge in [-0.3, -0.25) is 4.79 Å². The standard InChI is InChI=1S/C15H24N2O3/c1-4-8-17-10-11-6-7-13(19-3)14(9-11)20-12(5-2)15(16)18/h6-7,9,12,17H,4-5,8,10H2,1-3H3,(H2,16,18). The second-order valence-corrected chi connectivity index (χ2v) is 4.58. The fraction of sp³-hybridized carbons (Fsp3) is 0.533. The van der Waals surface area contributed by atoms with Gasteiger partial charge in [0, 0.05) is 6.54 Å². The van der Waals surface area contributed by atoms with E-state index >= 15 is 0 Å². The number of hydrogen-bond donors (Lipinski definition) is 2. The average Bonchev–Trinajstić information content (AvgIpc) is 2.45. The summed E-state index contributed by atoms with van der Waals surface area (Å²) in [6, 6.07) is 5.69. The Morgan fingerprint density at radius 1 is 1.35 bits per heavy atom.